The maximum Gasteiger partial charge on any atom is 0.291 e. The number of benzene rings is 1. The van der Waals surface area contributed by atoms with Gasteiger partial charge in [0.1, 0.15) is 17.7 Å². The number of fused-ring (bicyclic) bond motifs is 3. The van der Waals surface area contributed by atoms with Gasteiger partial charge in [0.15, 0.2) is 10.7 Å². The molecule has 1 amide bonds. The Hall–Kier alpha value is -3.81. The Balaban J connectivity index is 1.48. The monoisotopic (exact) mass is 615 g/mol. The molecule has 42 heavy (non-hydrogen) atoms. The highest BCUT2D eigenvalue weighted by Gasteiger charge is 2.47. The third-order valence-corrected chi connectivity index (χ3v) is 9.87. The van der Waals surface area contributed by atoms with Crippen molar-refractivity contribution in [3.05, 3.63) is 29.5 Å². The lowest BCUT2D eigenvalue weighted by Crippen LogP contribution is -2.51. The summed E-state index contributed by atoms with van der Waals surface area (Å²) in [6.45, 7) is 7.62. The Morgan fingerprint density at radius 1 is 1.14 bits per heavy atom. The average Bonchev–Trinajstić information content (AvgIpc) is 3.39. The number of rotatable bonds is 6. The molecule has 0 atom stereocenters. The van der Waals surface area contributed by atoms with E-state index in [0.717, 1.165) is 0 Å². The maximum absolute atomic E-state index is 13.5. The van der Waals surface area contributed by atoms with Gasteiger partial charge in [-0.3, -0.25) is 9.36 Å². The fourth-order valence-electron chi connectivity index (χ4n) is 5.08. The molecule has 1 saturated heterocycles. The van der Waals surface area contributed by atoms with Gasteiger partial charge in [-0.15, -0.1) is 10.2 Å². The maximum atomic E-state index is 13.5. The molecule has 1 saturated carbocycles. The minimum atomic E-state index is -4.08. The Kier molecular flexibility index (Phi) is 6.67. The van der Waals surface area contributed by atoms with E-state index >= 15 is 0 Å². The molecule has 0 spiro atoms. The lowest BCUT2D eigenvalue weighted by Gasteiger charge is -2.38. The quantitative estimate of drug-likeness (QED) is 0.344. The van der Waals surface area contributed by atoms with Gasteiger partial charge in [0, 0.05) is 37.0 Å². The molecule has 1 N–H and O–H groups in total. The predicted octanol–water partition coefficient (Wildman–Crippen LogP) is 3.39. The van der Waals surface area contributed by atoms with E-state index in [1.54, 1.807) is 6.07 Å². The SMILES string of the molecule is CC(C)(C)C(=O)N1CCN(c2ncnc3c2c2ccc(S(=O)(=O)NC4(C#N)CC4)cc2n3-c2nnc(C(F)F)s2)CC1. The molecule has 6 rings (SSSR count). The van der Waals surface area contributed by atoms with Crippen molar-refractivity contribution in [1.82, 2.24) is 34.4 Å². The standard InChI is InChI=1S/C26H27F2N9O3S2/c1-25(2,3)23(38)36-10-8-35(9-11-36)20-18-16-5-4-15(42(39,40)34-26(13-29)6-7-26)12-17(16)37(21(18)31-14-30-20)24-33-32-22(41-24)19(27)28/h4-5,12,14,19,34H,6-11H2,1-3H3. The average molecular weight is 616 g/mol. The minimum Gasteiger partial charge on any atom is -0.352 e. The van der Waals surface area contributed by atoms with E-state index in [1.807, 2.05) is 36.6 Å². The fraction of sp³-hybridized carbons (Fsp3) is 0.462. The van der Waals surface area contributed by atoms with Crippen LogP contribution >= 0.6 is 11.3 Å². The lowest BCUT2D eigenvalue weighted by molar-refractivity contribution is -0.139. The summed E-state index contributed by atoms with van der Waals surface area (Å²) < 4.78 is 57.4. The van der Waals surface area contributed by atoms with Gasteiger partial charge < -0.3 is 9.80 Å². The van der Waals surface area contributed by atoms with Crippen molar-refractivity contribution < 1.29 is 22.0 Å². The van der Waals surface area contributed by atoms with Crippen LogP contribution in [0, 0.1) is 16.7 Å². The number of nitriles is 1. The first-order valence-electron chi connectivity index (χ1n) is 13.2. The van der Waals surface area contributed by atoms with E-state index in [1.165, 1.54) is 23.0 Å². The van der Waals surface area contributed by atoms with Gasteiger partial charge in [0.2, 0.25) is 21.1 Å². The molecular formula is C26H27F2N9O3S2. The highest BCUT2D eigenvalue weighted by molar-refractivity contribution is 7.89. The minimum absolute atomic E-state index is 0.0596. The highest BCUT2D eigenvalue weighted by Crippen LogP contribution is 2.40. The molecule has 12 nitrogen and oxygen atoms in total. The van der Waals surface area contributed by atoms with Crippen LogP contribution in [-0.2, 0) is 14.8 Å². The van der Waals surface area contributed by atoms with Crippen LogP contribution in [-0.4, -0.2) is 75.7 Å². The number of hydrogen-bond donors (Lipinski definition) is 1. The molecule has 2 fully saturated rings. The molecule has 0 radical (unpaired) electrons. The highest BCUT2D eigenvalue weighted by atomic mass is 32.2. The number of anilines is 1. The van der Waals surface area contributed by atoms with Crippen molar-refractivity contribution in [2.45, 2.75) is 50.5 Å². The van der Waals surface area contributed by atoms with Crippen molar-refractivity contribution in [2.24, 2.45) is 5.41 Å². The lowest BCUT2D eigenvalue weighted by atomic mass is 9.94. The van der Waals surface area contributed by atoms with Crippen molar-refractivity contribution in [3.8, 4) is 11.2 Å². The summed E-state index contributed by atoms with van der Waals surface area (Å²) in [5.74, 6) is 0.629. The summed E-state index contributed by atoms with van der Waals surface area (Å²) in [4.78, 5) is 25.6. The summed E-state index contributed by atoms with van der Waals surface area (Å²) >= 11 is 0.677. The molecule has 2 aliphatic rings. The Morgan fingerprint density at radius 2 is 1.86 bits per heavy atom. The molecule has 1 aliphatic carbocycles. The second-order valence-electron chi connectivity index (χ2n) is 11.5. The van der Waals surface area contributed by atoms with Crippen molar-refractivity contribution in [2.75, 3.05) is 31.1 Å². The van der Waals surface area contributed by atoms with Crippen LogP contribution in [0.3, 0.4) is 0 Å². The molecule has 0 unspecified atom stereocenters. The van der Waals surface area contributed by atoms with Crippen LogP contribution in [0.4, 0.5) is 14.6 Å². The first kappa shape index (κ1) is 28.3. The van der Waals surface area contributed by atoms with E-state index in [9.17, 15) is 27.3 Å². The first-order chi connectivity index (χ1) is 19.8. The summed E-state index contributed by atoms with van der Waals surface area (Å²) in [7, 11) is -4.08. The molecule has 4 heterocycles. The van der Waals surface area contributed by atoms with Gasteiger partial charge in [0.05, 0.1) is 21.9 Å². The molecular weight excluding hydrogens is 588 g/mol. The smallest absolute Gasteiger partial charge is 0.291 e. The molecule has 1 aliphatic heterocycles. The van der Waals surface area contributed by atoms with E-state index < -0.39 is 32.4 Å². The van der Waals surface area contributed by atoms with Crippen LogP contribution in [0.1, 0.15) is 45.0 Å². The number of piperazine rings is 1. The Bertz CT molecular complexity index is 1860. The van der Waals surface area contributed by atoms with Crippen LogP contribution in [0.15, 0.2) is 29.4 Å². The molecule has 0 bridgehead atoms. The number of nitrogens with one attached hydrogen (secondary N) is 1. The van der Waals surface area contributed by atoms with Crippen molar-refractivity contribution >= 4 is 55.0 Å². The number of aromatic nitrogens is 5. The van der Waals surface area contributed by atoms with Gasteiger partial charge in [-0.05, 0) is 25.0 Å². The summed E-state index contributed by atoms with van der Waals surface area (Å²) in [5.41, 5.74) is -0.926. The number of hydrogen-bond acceptors (Lipinski definition) is 10. The van der Waals surface area contributed by atoms with Gasteiger partial charge in [-0.2, -0.15) is 9.98 Å². The summed E-state index contributed by atoms with van der Waals surface area (Å²) in [5, 5.41) is 17.8. The van der Waals surface area contributed by atoms with Crippen molar-refractivity contribution in [3.63, 3.8) is 0 Å². The zero-order valence-corrected chi connectivity index (χ0v) is 24.6. The Labute approximate surface area is 244 Å². The number of amides is 1. The molecule has 1 aromatic carbocycles. The van der Waals surface area contributed by atoms with Crippen LogP contribution in [0.25, 0.3) is 27.1 Å². The number of nitrogens with zero attached hydrogens (tertiary/aromatic N) is 8. The molecule has 220 valence electrons. The zero-order valence-electron chi connectivity index (χ0n) is 23.0. The predicted molar refractivity (Wildman–Crippen MR) is 151 cm³/mol. The second kappa shape index (κ2) is 9.89. The fourth-order valence-corrected chi connectivity index (χ4v) is 7.19. The van der Waals surface area contributed by atoms with Gasteiger partial charge in [0.25, 0.3) is 6.43 Å². The van der Waals surface area contributed by atoms with Gasteiger partial charge >= 0.3 is 0 Å². The van der Waals surface area contributed by atoms with E-state index in [2.05, 4.69) is 24.9 Å². The van der Waals surface area contributed by atoms with E-state index in [-0.39, 0.29) is 15.9 Å². The van der Waals surface area contributed by atoms with Gasteiger partial charge in [-0.25, -0.2) is 27.2 Å². The summed E-state index contributed by atoms with van der Waals surface area (Å²) in [6, 6.07) is 6.49. The van der Waals surface area contributed by atoms with Crippen LogP contribution < -0.4 is 9.62 Å². The third-order valence-electron chi connectivity index (χ3n) is 7.42. The largest absolute Gasteiger partial charge is 0.352 e. The van der Waals surface area contributed by atoms with E-state index in [4.69, 9.17) is 0 Å². The second-order valence-corrected chi connectivity index (χ2v) is 14.1. The van der Waals surface area contributed by atoms with Crippen LogP contribution in [0.2, 0.25) is 0 Å². The Morgan fingerprint density at radius 3 is 2.45 bits per heavy atom. The topological polar surface area (TPSA) is 150 Å². The molecule has 4 aromatic rings. The van der Waals surface area contributed by atoms with Crippen molar-refractivity contribution in [1.29, 1.82) is 5.26 Å². The first-order valence-corrected chi connectivity index (χ1v) is 15.5. The number of halogens is 2. The number of alkyl halides is 2. The van der Waals surface area contributed by atoms with Gasteiger partial charge in [-0.1, -0.05) is 38.2 Å². The molecule has 16 heteroatoms. The number of carbonyl (C=O) groups excluding carboxylic acids is 1. The van der Waals surface area contributed by atoms with Crippen LogP contribution in [0.5, 0.6) is 0 Å². The normalized spacial score (nSPS) is 17.3. The third kappa shape index (κ3) is 4.84. The number of carbonyl (C=O) groups is 1. The summed E-state index contributed by atoms with van der Waals surface area (Å²) in [6.07, 6.45) is -0.639. The van der Waals surface area contributed by atoms with E-state index in [0.29, 0.717) is 78.1 Å². The zero-order chi connectivity index (χ0) is 30.0. The number of sulfonamides is 1. The molecule has 3 aromatic heterocycles.